The molecule has 1 unspecified atom stereocenters. The maximum absolute atomic E-state index is 14.1. The van der Waals surface area contributed by atoms with Gasteiger partial charge in [0.2, 0.25) is 0 Å². The van der Waals surface area contributed by atoms with Crippen LogP contribution < -0.4 is 10.1 Å². The monoisotopic (exact) mass is 255 g/mol. The maximum Gasteiger partial charge on any atom is 0.169 e. The van der Waals surface area contributed by atoms with Gasteiger partial charge >= 0.3 is 0 Å². The van der Waals surface area contributed by atoms with Gasteiger partial charge in [0.25, 0.3) is 0 Å². The van der Waals surface area contributed by atoms with Crippen LogP contribution in [0.2, 0.25) is 0 Å². The molecule has 0 aromatic heterocycles. The van der Waals surface area contributed by atoms with E-state index in [-0.39, 0.29) is 23.2 Å². The average Bonchev–Trinajstić information content (AvgIpc) is 2.30. The Hall–Kier alpha value is -1.13. The SMILES string of the molecule is CNC(COC(C)(C)C)c1cccc(OC)c1F. The van der Waals surface area contributed by atoms with Crippen molar-refractivity contribution in [3.63, 3.8) is 0 Å². The molecule has 1 aromatic carbocycles. The predicted octanol–water partition coefficient (Wildman–Crippen LogP) is 2.91. The molecule has 1 atom stereocenters. The summed E-state index contributed by atoms with van der Waals surface area (Å²) in [6.07, 6.45) is 0. The first-order valence-electron chi connectivity index (χ1n) is 6.02. The Kier molecular flexibility index (Phi) is 5.11. The number of hydrogen-bond acceptors (Lipinski definition) is 3. The third-order valence-electron chi connectivity index (χ3n) is 2.62. The lowest BCUT2D eigenvalue weighted by atomic mass is 10.1. The largest absolute Gasteiger partial charge is 0.494 e. The molecule has 0 radical (unpaired) electrons. The molecule has 0 amide bonds. The third kappa shape index (κ3) is 3.96. The van der Waals surface area contributed by atoms with Crippen molar-refractivity contribution in [1.82, 2.24) is 5.32 Å². The van der Waals surface area contributed by atoms with Crippen molar-refractivity contribution in [2.45, 2.75) is 32.4 Å². The molecule has 0 fully saturated rings. The van der Waals surface area contributed by atoms with Gasteiger partial charge in [0.1, 0.15) is 0 Å². The lowest BCUT2D eigenvalue weighted by Crippen LogP contribution is -2.29. The van der Waals surface area contributed by atoms with Crippen LogP contribution in [0.1, 0.15) is 32.4 Å². The van der Waals surface area contributed by atoms with Gasteiger partial charge in [-0.3, -0.25) is 0 Å². The fourth-order valence-electron chi connectivity index (χ4n) is 1.62. The third-order valence-corrected chi connectivity index (χ3v) is 2.62. The number of benzene rings is 1. The van der Waals surface area contributed by atoms with Crippen LogP contribution in [0.15, 0.2) is 18.2 Å². The molecule has 1 N–H and O–H groups in total. The molecular formula is C14H22FNO2. The zero-order valence-corrected chi connectivity index (χ0v) is 11.7. The van der Waals surface area contributed by atoms with Gasteiger partial charge in [-0.25, -0.2) is 4.39 Å². The van der Waals surface area contributed by atoms with Gasteiger partial charge in [0.15, 0.2) is 11.6 Å². The summed E-state index contributed by atoms with van der Waals surface area (Å²) in [5.74, 6) is -0.0830. The number of ether oxygens (including phenoxy) is 2. The highest BCUT2D eigenvalue weighted by Crippen LogP contribution is 2.26. The molecule has 4 heteroatoms. The van der Waals surface area contributed by atoms with E-state index in [1.807, 2.05) is 20.8 Å². The quantitative estimate of drug-likeness (QED) is 0.877. The number of nitrogens with one attached hydrogen (secondary N) is 1. The summed E-state index contributed by atoms with van der Waals surface area (Å²) < 4.78 is 24.8. The van der Waals surface area contributed by atoms with Gasteiger partial charge in [-0.05, 0) is 33.9 Å². The molecule has 0 heterocycles. The van der Waals surface area contributed by atoms with Crippen molar-refractivity contribution < 1.29 is 13.9 Å². The normalized spacial score (nSPS) is 13.4. The highest BCUT2D eigenvalue weighted by molar-refractivity contribution is 5.33. The van der Waals surface area contributed by atoms with Gasteiger partial charge < -0.3 is 14.8 Å². The summed E-state index contributed by atoms with van der Waals surface area (Å²) in [6.45, 7) is 6.33. The molecule has 0 aliphatic carbocycles. The second kappa shape index (κ2) is 6.16. The van der Waals surface area contributed by atoms with Crippen molar-refractivity contribution in [3.8, 4) is 5.75 Å². The van der Waals surface area contributed by atoms with Crippen molar-refractivity contribution in [1.29, 1.82) is 0 Å². The van der Waals surface area contributed by atoms with Crippen molar-refractivity contribution in [2.24, 2.45) is 0 Å². The Balaban J connectivity index is 2.88. The minimum atomic E-state index is -0.336. The first-order chi connectivity index (χ1) is 8.39. The minimum Gasteiger partial charge on any atom is -0.494 e. The molecule has 3 nitrogen and oxygen atoms in total. The van der Waals surface area contributed by atoms with E-state index in [0.717, 1.165) is 0 Å². The Morgan fingerprint density at radius 3 is 2.50 bits per heavy atom. The highest BCUT2D eigenvalue weighted by Gasteiger charge is 2.20. The van der Waals surface area contributed by atoms with E-state index in [1.54, 1.807) is 25.2 Å². The van der Waals surface area contributed by atoms with Crippen LogP contribution in [-0.4, -0.2) is 26.4 Å². The smallest absolute Gasteiger partial charge is 0.169 e. The van der Waals surface area contributed by atoms with E-state index in [9.17, 15) is 4.39 Å². The summed E-state index contributed by atoms with van der Waals surface area (Å²) >= 11 is 0. The fourth-order valence-corrected chi connectivity index (χ4v) is 1.62. The molecule has 18 heavy (non-hydrogen) atoms. The lowest BCUT2D eigenvalue weighted by molar-refractivity contribution is -0.0143. The van der Waals surface area contributed by atoms with E-state index < -0.39 is 0 Å². The van der Waals surface area contributed by atoms with Gasteiger partial charge in [-0.1, -0.05) is 12.1 Å². The van der Waals surface area contributed by atoms with Gasteiger partial charge in [0, 0.05) is 5.56 Å². The lowest BCUT2D eigenvalue weighted by Gasteiger charge is -2.25. The Morgan fingerprint density at radius 1 is 1.33 bits per heavy atom. The molecule has 0 saturated heterocycles. The molecule has 1 rings (SSSR count). The van der Waals surface area contributed by atoms with Crippen molar-refractivity contribution in [2.75, 3.05) is 20.8 Å². The maximum atomic E-state index is 14.1. The number of likely N-dealkylation sites (N-methyl/N-ethyl adjacent to an activating group) is 1. The zero-order valence-electron chi connectivity index (χ0n) is 11.7. The highest BCUT2D eigenvalue weighted by atomic mass is 19.1. The average molecular weight is 255 g/mol. The van der Waals surface area contributed by atoms with Gasteiger partial charge in [-0.2, -0.15) is 0 Å². The van der Waals surface area contributed by atoms with E-state index in [4.69, 9.17) is 9.47 Å². The van der Waals surface area contributed by atoms with E-state index in [1.165, 1.54) is 7.11 Å². The molecule has 102 valence electrons. The molecule has 0 aliphatic heterocycles. The topological polar surface area (TPSA) is 30.5 Å². The van der Waals surface area contributed by atoms with Gasteiger partial charge in [0.05, 0.1) is 25.4 Å². The molecule has 0 bridgehead atoms. The Bertz CT molecular complexity index is 388. The molecule has 0 spiro atoms. The summed E-state index contributed by atoms with van der Waals surface area (Å²) in [4.78, 5) is 0. The van der Waals surface area contributed by atoms with E-state index >= 15 is 0 Å². The summed E-state index contributed by atoms with van der Waals surface area (Å²) in [5.41, 5.74) is 0.311. The van der Waals surface area contributed by atoms with E-state index in [0.29, 0.717) is 12.2 Å². The fraction of sp³-hybridized carbons (Fsp3) is 0.571. The Morgan fingerprint density at radius 2 is 2.00 bits per heavy atom. The van der Waals surface area contributed by atoms with E-state index in [2.05, 4.69) is 5.32 Å². The Labute approximate surface area is 108 Å². The number of hydrogen-bond donors (Lipinski definition) is 1. The van der Waals surface area contributed by atoms with Gasteiger partial charge in [-0.15, -0.1) is 0 Å². The summed E-state index contributed by atoms with van der Waals surface area (Å²) in [5, 5.41) is 3.06. The van der Waals surface area contributed by atoms with Crippen LogP contribution in [0.25, 0.3) is 0 Å². The molecule has 0 aliphatic rings. The first kappa shape index (κ1) is 14.9. The molecule has 0 saturated carbocycles. The summed E-state index contributed by atoms with van der Waals surface area (Å²) in [7, 11) is 3.25. The summed E-state index contributed by atoms with van der Waals surface area (Å²) in [6, 6.07) is 4.93. The van der Waals surface area contributed by atoms with Crippen molar-refractivity contribution in [3.05, 3.63) is 29.6 Å². The predicted molar refractivity (Wildman–Crippen MR) is 70.5 cm³/mol. The number of methoxy groups -OCH3 is 1. The van der Waals surface area contributed by atoms with Crippen LogP contribution in [0, 0.1) is 5.82 Å². The van der Waals surface area contributed by atoms with Crippen LogP contribution in [-0.2, 0) is 4.74 Å². The van der Waals surface area contributed by atoms with Crippen LogP contribution in [0.5, 0.6) is 5.75 Å². The second-order valence-corrected chi connectivity index (χ2v) is 5.13. The van der Waals surface area contributed by atoms with Crippen LogP contribution in [0.4, 0.5) is 4.39 Å². The van der Waals surface area contributed by atoms with Crippen LogP contribution in [0.3, 0.4) is 0 Å². The number of halogens is 1. The second-order valence-electron chi connectivity index (χ2n) is 5.13. The zero-order chi connectivity index (χ0) is 13.8. The molecule has 1 aromatic rings. The van der Waals surface area contributed by atoms with Crippen LogP contribution >= 0.6 is 0 Å². The standard InChI is InChI=1S/C14H22FNO2/c1-14(2,3)18-9-11(16-4)10-7-6-8-12(17-5)13(10)15/h6-8,11,16H,9H2,1-5H3. The minimum absolute atomic E-state index is 0.195. The first-order valence-corrected chi connectivity index (χ1v) is 6.02. The number of rotatable bonds is 5. The molecular weight excluding hydrogens is 233 g/mol. The van der Waals surface area contributed by atoms with Crippen molar-refractivity contribution >= 4 is 0 Å².